The molecule has 110 valence electrons. The number of hydrogen-bond donors (Lipinski definition) is 1. The summed E-state index contributed by atoms with van der Waals surface area (Å²) in [5.41, 5.74) is 7.51. The zero-order valence-electron chi connectivity index (χ0n) is 12.7. The van der Waals surface area contributed by atoms with Crippen molar-refractivity contribution in [1.29, 1.82) is 5.26 Å². The third-order valence-electron chi connectivity index (χ3n) is 3.04. The molecule has 1 aromatic rings. The molecular weight excluding hydrogens is 254 g/mol. The lowest BCUT2D eigenvalue weighted by molar-refractivity contribution is 0.0728. The van der Waals surface area contributed by atoms with Gasteiger partial charge in [0.2, 0.25) is 0 Å². The highest BCUT2D eigenvalue weighted by Crippen LogP contribution is 2.19. The van der Waals surface area contributed by atoms with E-state index in [0.29, 0.717) is 49.0 Å². The summed E-state index contributed by atoms with van der Waals surface area (Å²) in [4.78, 5) is 14.4. The Balaban J connectivity index is 3.08. The molecule has 0 spiro atoms. The molecule has 0 saturated carbocycles. The smallest absolute Gasteiger partial charge is 0.274 e. The van der Waals surface area contributed by atoms with Crippen molar-refractivity contribution in [3.8, 4) is 6.07 Å². The van der Waals surface area contributed by atoms with E-state index in [2.05, 4.69) is 11.2 Å². The van der Waals surface area contributed by atoms with E-state index in [-0.39, 0.29) is 5.91 Å². The second kappa shape index (κ2) is 6.94. The fraction of sp³-hybridized carbons (Fsp3) is 0.643. The number of amides is 1. The second-order valence-corrected chi connectivity index (χ2v) is 5.22. The van der Waals surface area contributed by atoms with Gasteiger partial charge in [0.15, 0.2) is 0 Å². The van der Waals surface area contributed by atoms with Crippen LogP contribution in [0.1, 0.15) is 43.4 Å². The summed E-state index contributed by atoms with van der Waals surface area (Å²) < 4.78 is 1.63. The molecule has 0 bridgehead atoms. The van der Waals surface area contributed by atoms with E-state index in [0.717, 1.165) is 0 Å². The Morgan fingerprint density at radius 1 is 1.55 bits per heavy atom. The first-order valence-corrected chi connectivity index (χ1v) is 6.91. The van der Waals surface area contributed by atoms with Gasteiger partial charge in [-0.2, -0.15) is 10.4 Å². The number of nitriles is 1. The van der Waals surface area contributed by atoms with Crippen molar-refractivity contribution < 1.29 is 4.79 Å². The number of carbonyl (C=O) groups is 1. The lowest BCUT2D eigenvalue weighted by Crippen LogP contribution is -2.36. The van der Waals surface area contributed by atoms with Crippen LogP contribution in [0.3, 0.4) is 0 Å². The third kappa shape index (κ3) is 3.50. The molecule has 1 amide bonds. The summed E-state index contributed by atoms with van der Waals surface area (Å²) in [6, 6.07) is 2.08. The Morgan fingerprint density at radius 3 is 2.70 bits per heavy atom. The normalized spacial score (nSPS) is 10.6. The summed E-state index contributed by atoms with van der Waals surface area (Å²) in [7, 11) is 0. The predicted molar refractivity (Wildman–Crippen MR) is 78.0 cm³/mol. The van der Waals surface area contributed by atoms with E-state index in [1.54, 1.807) is 16.5 Å². The molecular formula is C14H23N5O. The van der Waals surface area contributed by atoms with Crippen molar-refractivity contribution in [3.63, 3.8) is 0 Å². The molecule has 0 atom stereocenters. The summed E-state index contributed by atoms with van der Waals surface area (Å²) in [6.45, 7) is 9.41. The Hall–Kier alpha value is -2.03. The molecule has 0 fully saturated rings. The monoisotopic (exact) mass is 277 g/mol. The maximum atomic E-state index is 12.7. The summed E-state index contributed by atoms with van der Waals surface area (Å²) in [6.07, 6.45) is 0.317. The molecule has 0 aromatic carbocycles. The van der Waals surface area contributed by atoms with E-state index >= 15 is 0 Å². The fourth-order valence-corrected chi connectivity index (χ4v) is 2.10. The zero-order valence-corrected chi connectivity index (χ0v) is 12.7. The molecule has 1 heterocycles. The SMILES string of the molecule is CCn1nc(C)c(N)c1C(=O)N(CCC#N)CC(C)C. The van der Waals surface area contributed by atoms with Gasteiger partial charge in [-0.05, 0) is 19.8 Å². The Bertz CT molecular complexity index is 512. The van der Waals surface area contributed by atoms with E-state index in [9.17, 15) is 4.79 Å². The molecule has 6 heteroatoms. The van der Waals surface area contributed by atoms with Gasteiger partial charge in [0.05, 0.1) is 23.9 Å². The van der Waals surface area contributed by atoms with Crippen LogP contribution in [-0.4, -0.2) is 33.7 Å². The van der Waals surface area contributed by atoms with Crippen LogP contribution in [0.25, 0.3) is 0 Å². The average molecular weight is 277 g/mol. The number of hydrogen-bond acceptors (Lipinski definition) is 4. The number of aromatic nitrogens is 2. The number of carbonyl (C=O) groups excluding carboxylic acids is 1. The van der Waals surface area contributed by atoms with E-state index in [1.807, 2.05) is 20.8 Å². The molecule has 1 rings (SSSR count). The maximum Gasteiger partial charge on any atom is 0.274 e. The first-order valence-electron chi connectivity index (χ1n) is 6.91. The topological polar surface area (TPSA) is 87.9 Å². The van der Waals surface area contributed by atoms with Gasteiger partial charge in [0.1, 0.15) is 5.69 Å². The van der Waals surface area contributed by atoms with Crippen molar-refractivity contribution in [2.45, 2.75) is 40.7 Å². The Labute approximate surface area is 120 Å². The van der Waals surface area contributed by atoms with E-state index < -0.39 is 0 Å². The van der Waals surface area contributed by atoms with Crippen LogP contribution in [0.15, 0.2) is 0 Å². The highest BCUT2D eigenvalue weighted by atomic mass is 16.2. The third-order valence-corrected chi connectivity index (χ3v) is 3.04. The van der Waals surface area contributed by atoms with Crippen molar-refractivity contribution >= 4 is 11.6 Å². The van der Waals surface area contributed by atoms with Crippen LogP contribution < -0.4 is 5.73 Å². The Kier molecular flexibility index (Phi) is 5.56. The summed E-state index contributed by atoms with van der Waals surface area (Å²) in [5.74, 6) is 0.187. The second-order valence-electron chi connectivity index (χ2n) is 5.22. The number of aryl methyl sites for hydroxylation is 2. The maximum absolute atomic E-state index is 12.7. The molecule has 1 aromatic heterocycles. The molecule has 2 N–H and O–H groups in total. The number of nitrogens with zero attached hydrogens (tertiary/aromatic N) is 4. The average Bonchev–Trinajstić information content (AvgIpc) is 2.69. The fourth-order valence-electron chi connectivity index (χ4n) is 2.10. The standard InChI is InChI=1S/C14H23N5O/c1-5-19-13(12(16)11(4)17-19)14(20)18(8-6-7-15)9-10(2)3/h10H,5-6,8-9,16H2,1-4H3. The van der Waals surface area contributed by atoms with Crippen molar-refractivity contribution in [3.05, 3.63) is 11.4 Å². The number of anilines is 1. The van der Waals surface area contributed by atoms with Crippen LogP contribution in [-0.2, 0) is 6.54 Å². The number of nitrogens with two attached hydrogens (primary N) is 1. The molecule has 0 saturated heterocycles. The minimum Gasteiger partial charge on any atom is -0.395 e. The molecule has 20 heavy (non-hydrogen) atoms. The van der Waals surface area contributed by atoms with Crippen molar-refractivity contribution in [2.24, 2.45) is 5.92 Å². The molecule has 0 aliphatic rings. The van der Waals surface area contributed by atoms with Crippen LogP contribution in [0.5, 0.6) is 0 Å². The number of nitrogen functional groups attached to an aromatic ring is 1. The van der Waals surface area contributed by atoms with Gasteiger partial charge >= 0.3 is 0 Å². The van der Waals surface area contributed by atoms with E-state index in [1.165, 1.54) is 0 Å². The van der Waals surface area contributed by atoms with Gasteiger partial charge in [0.25, 0.3) is 5.91 Å². The van der Waals surface area contributed by atoms with Crippen LogP contribution in [0, 0.1) is 24.2 Å². The van der Waals surface area contributed by atoms with Crippen molar-refractivity contribution in [1.82, 2.24) is 14.7 Å². The predicted octanol–water partition coefficient (Wildman–Crippen LogP) is 1.81. The van der Waals surface area contributed by atoms with Crippen LogP contribution >= 0.6 is 0 Å². The summed E-state index contributed by atoms with van der Waals surface area (Å²) in [5, 5.41) is 13.0. The first-order chi connectivity index (χ1) is 9.42. The van der Waals surface area contributed by atoms with Gasteiger partial charge in [-0.25, -0.2) is 0 Å². The largest absolute Gasteiger partial charge is 0.395 e. The highest BCUT2D eigenvalue weighted by Gasteiger charge is 2.24. The summed E-state index contributed by atoms with van der Waals surface area (Å²) >= 11 is 0. The lowest BCUT2D eigenvalue weighted by Gasteiger charge is -2.24. The van der Waals surface area contributed by atoms with Gasteiger partial charge in [-0.1, -0.05) is 13.8 Å². The molecule has 6 nitrogen and oxygen atoms in total. The first kappa shape index (κ1) is 16.0. The van der Waals surface area contributed by atoms with Gasteiger partial charge in [0, 0.05) is 19.6 Å². The molecule has 0 aliphatic carbocycles. The van der Waals surface area contributed by atoms with Gasteiger partial charge < -0.3 is 10.6 Å². The van der Waals surface area contributed by atoms with Crippen LogP contribution in [0.4, 0.5) is 5.69 Å². The van der Waals surface area contributed by atoms with Gasteiger partial charge in [-0.3, -0.25) is 9.48 Å². The lowest BCUT2D eigenvalue weighted by atomic mass is 10.2. The van der Waals surface area contributed by atoms with Crippen molar-refractivity contribution in [2.75, 3.05) is 18.8 Å². The Morgan fingerprint density at radius 2 is 2.20 bits per heavy atom. The molecule has 0 unspecified atom stereocenters. The molecule has 0 aliphatic heterocycles. The van der Waals surface area contributed by atoms with Gasteiger partial charge in [-0.15, -0.1) is 0 Å². The van der Waals surface area contributed by atoms with Crippen LogP contribution in [0.2, 0.25) is 0 Å². The quantitative estimate of drug-likeness (QED) is 0.858. The minimum absolute atomic E-state index is 0.145. The van der Waals surface area contributed by atoms with E-state index in [4.69, 9.17) is 11.0 Å². The highest BCUT2D eigenvalue weighted by molar-refractivity contribution is 5.98. The zero-order chi connectivity index (χ0) is 15.3. The minimum atomic E-state index is -0.145. The molecule has 0 radical (unpaired) electrons. The number of rotatable bonds is 6.